The van der Waals surface area contributed by atoms with Gasteiger partial charge in [0.15, 0.2) is 0 Å². The van der Waals surface area contributed by atoms with Gasteiger partial charge in [-0.05, 0) is 19.2 Å². The highest BCUT2D eigenvalue weighted by atomic mass is 79.9. The van der Waals surface area contributed by atoms with Gasteiger partial charge in [0.1, 0.15) is 5.82 Å². The largest absolute Gasteiger partial charge is 0.301 e. The van der Waals surface area contributed by atoms with Gasteiger partial charge in [-0.15, -0.1) is 0 Å². The lowest BCUT2D eigenvalue weighted by Gasteiger charge is -2.16. The first-order chi connectivity index (χ1) is 6.65. The van der Waals surface area contributed by atoms with Gasteiger partial charge in [-0.25, -0.2) is 4.39 Å². The van der Waals surface area contributed by atoms with Gasteiger partial charge in [-0.3, -0.25) is 0 Å². The van der Waals surface area contributed by atoms with Crippen LogP contribution in [0.25, 0.3) is 0 Å². The van der Waals surface area contributed by atoms with Crippen molar-refractivity contribution in [2.45, 2.75) is 6.54 Å². The van der Waals surface area contributed by atoms with Crippen molar-refractivity contribution >= 4 is 27.5 Å². The maximum atomic E-state index is 13.3. The number of nitrogens with zero attached hydrogens (tertiary/aromatic N) is 1. The van der Waals surface area contributed by atoms with Crippen LogP contribution in [0.2, 0.25) is 5.02 Å². The molecule has 0 fully saturated rings. The number of hydrogen-bond donors (Lipinski definition) is 0. The third kappa shape index (κ3) is 3.23. The molecule has 1 aromatic rings. The Hall–Kier alpha value is -0.120. The molecule has 0 bridgehead atoms. The minimum absolute atomic E-state index is 0.237. The smallest absolute Gasteiger partial charge is 0.129 e. The minimum atomic E-state index is -0.237. The molecule has 0 unspecified atom stereocenters. The predicted octanol–water partition coefficient (Wildman–Crippen LogP) is 3.31. The Bertz CT molecular complexity index is 286. The number of halogens is 3. The number of benzene rings is 1. The first-order valence-electron chi connectivity index (χ1n) is 4.32. The van der Waals surface area contributed by atoms with Crippen LogP contribution < -0.4 is 0 Å². The Morgan fingerprint density at radius 3 is 2.79 bits per heavy atom. The quantitative estimate of drug-likeness (QED) is 0.765. The number of hydrogen-bond acceptors (Lipinski definition) is 1. The summed E-state index contributed by atoms with van der Waals surface area (Å²) in [4.78, 5) is 2.01. The number of alkyl halides is 1. The highest BCUT2D eigenvalue weighted by Gasteiger charge is 2.08. The van der Waals surface area contributed by atoms with Crippen molar-refractivity contribution in [2.75, 3.05) is 18.9 Å². The Balaban J connectivity index is 2.75. The van der Waals surface area contributed by atoms with Crippen molar-refractivity contribution in [3.63, 3.8) is 0 Å². The van der Waals surface area contributed by atoms with E-state index in [1.165, 1.54) is 6.07 Å². The second-order valence-electron chi connectivity index (χ2n) is 3.13. The van der Waals surface area contributed by atoms with Gasteiger partial charge in [-0.1, -0.05) is 33.6 Å². The van der Waals surface area contributed by atoms with Gasteiger partial charge in [0.05, 0.1) is 0 Å². The van der Waals surface area contributed by atoms with Gasteiger partial charge in [0, 0.05) is 29.0 Å². The van der Waals surface area contributed by atoms with Crippen LogP contribution in [-0.4, -0.2) is 23.8 Å². The summed E-state index contributed by atoms with van der Waals surface area (Å²) in [6.07, 6.45) is 0. The van der Waals surface area contributed by atoms with Crippen LogP contribution in [0.5, 0.6) is 0 Å². The molecule has 0 saturated heterocycles. The van der Waals surface area contributed by atoms with Gasteiger partial charge in [0.25, 0.3) is 0 Å². The molecular formula is C10H12BrClFN. The van der Waals surface area contributed by atoms with Crippen molar-refractivity contribution in [3.8, 4) is 0 Å². The molecule has 0 amide bonds. The molecule has 4 heteroatoms. The zero-order chi connectivity index (χ0) is 10.6. The van der Waals surface area contributed by atoms with E-state index >= 15 is 0 Å². The van der Waals surface area contributed by atoms with Gasteiger partial charge < -0.3 is 4.90 Å². The second-order valence-corrected chi connectivity index (χ2v) is 4.33. The van der Waals surface area contributed by atoms with E-state index in [9.17, 15) is 4.39 Å². The lowest BCUT2D eigenvalue weighted by Crippen LogP contribution is -2.20. The fraction of sp³-hybridized carbons (Fsp3) is 0.400. The molecule has 0 aliphatic carbocycles. The summed E-state index contributed by atoms with van der Waals surface area (Å²) in [6, 6.07) is 4.76. The van der Waals surface area contributed by atoms with E-state index in [-0.39, 0.29) is 5.82 Å². The number of rotatable bonds is 4. The second kappa shape index (κ2) is 5.69. The summed E-state index contributed by atoms with van der Waals surface area (Å²) in [5, 5.41) is 1.36. The van der Waals surface area contributed by atoms with Crippen LogP contribution in [0.4, 0.5) is 4.39 Å². The monoisotopic (exact) mass is 279 g/mol. The third-order valence-corrected chi connectivity index (χ3v) is 2.66. The Morgan fingerprint density at radius 1 is 1.50 bits per heavy atom. The molecule has 1 aromatic carbocycles. The summed E-state index contributed by atoms with van der Waals surface area (Å²) in [5.74, 6) is -0.237. The van der Waals surface area contributed by atoms with E-state index in [0.717, 1.165) is 11.9 Å². The molecule has 1 rings (SSSR count). The zero-order valence-corrected chi connectivity index (χ0v) is 10.3. The van der Waals surface area contributed by atoms with Crippen LogP contribution in [0.15, 0.2) is 18.2 Å². The Kier molecular flexibility index (Phi) is 4.85. The molecule has 0 saturated carbocycles. The van der Waals surface area contributed by atoms with Crippen molar-refractivity contribution in [1.29, 1.82) is 0 Å². The van der Waals surface area contributed by atoms with E-state index in [1.807, 2.05) is 11.9 Å². The van der Waals surface area contributed by atoms with E-state index in [0.29, 0.717) is 17.1 Å². The molecule has 0 atom stereocenters. The van der Waals surface area contributed by atoms with Gasteiger partial charge >= 0.3 is 0 Å². The maximum absolute atomic E-state index is 13.3. The van der Waals surface area contributed by atoms with Crippen molar-refractivity contribution in [1.82, 2.24) is 4.90 Å². The van der Waals surface area contributed by atoms with Crippen molar-refractivity contribution in [2.24, 2.45) is 0 Å². The van der Waals surface area contributed by atoms with E-state index < -0.39 is 0 Å². The summed E-state index contributed by atoms with van der Waals surface area (Å²) >= 11 is 9.23. The van der Waals surface area contributed by atoms with Crippen molar-refractivity contribution < 1.29 is 4.39 Å². The minimum Gasteiger partial charge on any atom is -0.301 e. The fourth-order valence-electron chi connectivity index (χ4n) is 1.18. The molecular weight excluding hydrogens is 268 g/mol. The topological polar surface area (TPSA) is 3.24 Å². The predicted molar refractivity (Wildman–Crippen MR) is 61.5 cm³/mol. The summed E-state index contributed by atoms with van der Waals surface area (Å²) in [7, 11) is 1.93. The van der Waals surface area contributed by atoms with E-state index in [1.54, 1.807) is 12.1 Å². The molecule has 0 aliphatic heterocycles. The Morgan fingerprint density at radius 2 is 2.21 bits per heavy atom. The van der Waals surface area contributed by atoms with E-state index in [4.69, 9.17) is 11.6 Å². The highest BCUT2D eigenvalue weighted by molar-refractivity contribution is 9.09. The summed E-state index contributed by atoms with van der Waals surface area (Å²) in [5.41, 5.74) is 0.567. The molecule has 0 radical (unpaired) electrons. The molecule has 0 heterocycles. The lowest BCUT2D eigenvalue weighted by atomic mass is 10.2. The molecule has 0 aliphatic rings. The summed E-state index contributed by atoms with van der Waals surface area (Å²) < 4.78 is 13.3. The fourth-order valence-corrected chi connectivity index (χ4v) is 2.00. The lowest BCUT2D eigenvalue weighted by molar-refractivity contribution is 0.343. The van der Waals surface area contributed by atoms with Gasteiger partial charge in [-0.2, -0.15) is 0 Å². The average molecular weight is 281 g/mol. The van der Waals surface area contributed by atoms with Crippen LogP contribution in [0.1, 0.15) is 5.56 Å². The normalized spacial score (nSPS) is 10.9. The molecule has 78 valence electrons. The first kappa shape index (κ1) is 12.0. The van der Waals surface area contributed by atoms with Crippen LogP contribution in [0.3, 0.4) is 0 Å². The SMILES string of the molecule is CN(CCBr)Cc1c(F)cccc1Cl. The zero-order valence-electron chi connectivity index (χ0n) is 7.93. The maximum Gasteiger partial charge on any atom is 0.129 e. The average Bonchev–Trinajstić information content (AvgIpc) is 2.12. The van der Waals surface area contributed by atoms with Crippen LogP contribution >= 0.6 is 27.5 Å². The summed E-state index contributed by atoms with van der Waals surface area (Å²) in [6.45, 7) is 1.40. The van der Waals surface area contributed by atoms with Crippen LogP contribution in [0, 0.1) is 5.82 Å². The molecule has 0 spiro atoms. The molecule has 0 N–H and O–H groups in total. The molecule has 14 heavy (non-hydrogen) atoms. The highest BCUT2D eigenvalue weighted by Crippen LogP contribution is 2.20. The molecule has 1 nitrogen and oxygen atoms in total. The third-order valence-electron chi connectivity index (χ3n) is 1.96. The Labute approximate surface area is 97.0 Å². The molecule has 0 aromatic heterocycles. The van der Waals surface area contributed by atoms with Crippen molar-refractivity contribution in [3.05, 3.63) is 34.6 Å². The van der Waals surface area contributed by atoms with Gasteiger partial charge in [0.2, 0.25) is 0 Å². The van der Waals surface area contributed by atoms with E-state index in [2.05, 4.69) is 15.9 Å². The first-order valence-corrected chi connectivity index (χ1v) is 5.82. The van der Waals surface area contributed by atoms with Crippen LogP contribution in [-0.2, 0) is 6.54 Å². The standard InChI is InChI=1S/C10H12BrClFN/c1-14(6-5-11)7-8-9(12)3-2-4-10(8)13/h2-4H,5-7H2,1H3.